The topological polar surface area (TPSA) is 73.9 Å². The molecule has 0 aromatic carbocycles. The van der Waals surface area contributed by atoms with E-state index in [1.165, 1.54) is 0 Å². The van der Waals surface area contributed by atoms with Gasteiger partial charge in [-0.25, -0.2) is 0 Å². The van der Waals surface area contributed by atoms with Crippen LogP contribution in [0, 0.1) is 0 Å². The average molecular weight is 410 g/mol. The third kappa shape index (κ3) is 12.7. The van der Waals surface area contributed by atoms with E-state index in [-0.39, 0.29) is 13.0 Å². The van der Waals surface area contributed by atoms with Gasteiger partial charge in [-0.15, -0.1) is 0 Å². The first-order valence-electron chi connectivity index (χ1n) is 3.48. The van der Waals surface area contributed by atoms with Crippen molar-refractivity contribution in [3.8, 4) is 0 Å². The van der Waals surface area contributed by atoms with Crippen LogP contribution in [0.5, 0.6) is 0 Å². The van der Waals surface area contributed by atoms with Crippen LogP contribution in [0.15, 0.2) is 0 Å². The number of carbonyl (C=O) groups excluding carboxylic acids is 1. The zero-order valence-corrected chi connectivity index (χ0v) is 10.9. The van der Waals surface area contributed by atoms with Gasteiger partial charge < -0.3 is 16.2 Å². The normalized spacial score (nSPS) is 11.5. The molecule has 0 aromatic heterocycles. The Hall–Kier alpha value is 0.658. The SMILES string of the molecule is CCOC(=O)C([NH-])CC[NH-].[Cl][Pt+2][Cl]. The molecule has 1 unspecified atom stereocenters. The molecule has 0 saturated heterocycles. The van der Waals surface area contributed by atoms with Crippen molar-refractivity contribution >= 4 is 24.8 Å². The molecule has 0 saturated carbocycles. The van der Waals surface area contributed by atoms with Crippen LogP contribution in [-0.2, 0) is 26.0 Å². The van der Waals surface area contributed by atoms with Gasteiger partial charge in [-0.3, -0.25) is 4.79 Å². The Morgan fingerprint density at radius 3 is 2.38 bits per heavy atom. The molecule has 0 aliphatic carbocycles. The number of carbonyl (C=O) groups is 1. The Balaban J connectivity index is 0. The van der Waals surface area contributed by atoms with Crippen molar-refractivity contribution in [3.05, 3.63) is 11.5 Å². The minimum atomic E-state index is -0.863. The summed E-state index contributed by atoms with van der Waals surface area (Å²) in [5.74, 6) is -0.519. The van der Waals surface area contributed by atoms with E-state index in [0.29, 0.717) is 6.61 Å². The molecule has 0 aliphatic heterocycles. The molecule has 0 bridgehead atoms. The zero-order valence-electron chi connectivity index (χ0n) is 7.09. The Morgan fingerprint density at radius 2 is 2.08 bits per heavy atom. The summed E-state index contributed by atoms with van der Waals surface area (Å²) in [5, 5.41) is 0. The molecule has 0 spiro atoms. The predicted octanol–water partition coefficient (Wildman–Crippen LogP) is 2.79. The second-order valence-corrected chi connectivity index (χ2v) is 5.17. The Morgan fingerprint density at radius 1 is 1.62 bits per heavy atom. The zero-order chi connectivity index (χ0) is 10.7. The van der Waals surface area contributed by atoms with Gasteiger partial charge in [0.1, 0.15) is 0 Å². The van der Waals surface area contributed by atoms with Gasteiger partial charge in [0.15, 0.2) is 0 Å². The summed E-state index contributed by atoms with van der Waals surface area (Å²) in [6.07, 6.45) is 0.263. The number of hydrogen-bond donors (Lipinski definition) is 0. The summed E-state index contributed by atoms with van der Waals surface area (Å²) in [7, 11) is 9.75. The van der Waals surface area contributed by atoms with E-state index in [1.54, 1.807) is 6.92 Å². The predicted molar refractivity (Wildman–Crippen MR) is 50.3 cm³/mol. The van der Waals surface area contributed by atoms with Crippen LogP contribution in [-0.4, -0.2) is 25.2 Å². The molecule has 13 heavy (non-hydrogen) atoms. The number of nitrogens with one attached hydrogen (secondary N) is 2. The van der Waals surface area contributed by atoms with Crippen LogP contribution >= 0.6 is 18.8 Å². The van der Waals surface area contributed by atoms with Crippen LogP contribution < -0.4 is 0 Å². The van der Waals surface area contributed by atoms with Crippen molar-refractivity contribution in [1.82, 2.24) is 0 Å². The fraction of sp³-hybridized carbons (Fsp3) is 0.833. The molecule has 1 atom stereocenters. The molecule has 82 valence electrons. The Labute approximate surface area is 94.7 Å². The van der Waals surface area contributed by atoms with Crippen LogP contribution in [0.2, 0.25) is 0 Å². The van der Waals surface area contributed by atoms with Crippen molar-refractivity contribution in [2.75, 3.05) is 13.2 Å². The van der Waals surface area contributed by atoms with Gasteiger partial charge in [-0.05, 0) is 13.0 Å². The van der Waals surface area contributed by atoms with Crippen LogP contribution in [0.4, 0.5) is 0 Å². The van der Waals surface area contributed by atoms with Crippen LogP contribution in [0.25, 0.3) is 11.5 Å². The van der Waals surface area contributed by atoms with E-state index in [0.717, 1.165) is 0 Å². The van der Waals surface area contributed by atoms with E-state index >= 15 is 0 Å². The molecule has 0 rings (SSSR count). The van der Waals surface area contributed by atoms with E-state index in [1.807, 2.05) is 0 Å². The maximum atomic E-state index is 10.6. The quantitative estimate of drug-likeness (QED) is 0.669. The number of ether oxygens (including phenoxy) is 1. The second kappa shape index (κ2) is 12.7. The van der Waals surface area contributed by atoms with Crippen LogP contribution in [0.3, 0.4) is 0 Å². The Bertz CT molecular complexity index is 129. The number of hydrogen-bond acceptors (Lipinski definition) is 2. The van der Waals surface area contributed by atoms with E-state index in [2.05, 4.69) is 4.74 Å². The summed E-state index contributed by atoms with van der Waals surface area (Å²) in [5.41, 5.74) is 13.8. The summed E-state index contributed by atoms with van der Waals surface area (Å²) in [6.45, 7) is 2.12. The van der Waals surface area contributed by atoms with Crippen molar-refractivity contribution in [1.29, 1.82) is 0 Å². The molecule has 0 amide bonds. The third-order valence-corrected chi connectivity index (χ3v) is 1.00. The minimum absolute atomic E-state index is 0.104. The Kier molecular flexibility index (Phi) is 15.7. The van der Waals surface area contributed by atoms with Crippen molar-refractivity contribution < 1.29 is 26.0 Å². The molecular weight excluding hydrogens is 398 g/mol. The summed E-state index contributed by atoms with van der Waals surface area (Å²) >= 11 is -0.472. The second-order valence-electron chi connectivity index (χ2n) is 1.89. The fourth-order valence-corrected chi connectivity index (χ4v) is 0.505. The summed E-state index contributed by atoms with van der Waals surface area (Å²) < 4.78 is 4.55. The van der Waals surface area contributed by atoms with Gasteiger partial charge in [0.05, 0.1) is 6.61 Å². The molecule has 0 fully saturated rings. The van der Waals surface area contributed by atoms with Crippen LogP contribution in [0.1, 0.15) is 13.3 Å². The van der Waals surface area contributed by atoms with Gasteiger partial charge in [0, 0.05) is 0 Å². The monoisotopic (exact) mass is 409 g/mol. The van der Waals surface area contributed by atoms with E-state index < -0.39 is 28.5 Å². The average Bonchev–Trinajstić information content (AvgIpc) is 2.06. The fourth-order valence-electron chi connectivity index (χ4n) is 0.505. The maximum absolute atomic E-state index is 10.6. The first-order chi connectivity index (χ1) is 6.13. The third-order valence-electron chi connectivity index (χ3n) is 1.00. The van der Waals surface area contributed by atoms with Crippen molar-refractivity contribution in [2.45, 2.75) is 19.4 Å². The number of halogens is 2. The van der Waals surface area contributed by atoms with Gasteiger partial charge in [-0.1, -0.05) is 6.42 Å². The number of rotatable bonds is 4. The van der Waals surface area contributed by atoms with E-state index in [9.17, 15) is 4.79 Å². The first-order valence-corrected chi connectivity index (χ1v) is 9.11. The molecule has 0 aromatic rings. The number of esters is 1. The van der Waals surface area contributed by atoms with Gasteiger partial charge >= 0.3 is 35.3 Å². The van der Waals surface area contributed by atoms with E-state index in [4.69, 9.17) is 30.3 Å². The molecular formula is C6H12Cl2N2O2Pt. The molecule has 2 N–H and O–H groups in total. The van der Waals surface area contributed by atoms with Crippen molar-refractivity contribution in [3.63, 3.8) is 0 Å². The molecule has 0 radical (unpaired) electrons. The molecule has 7 heteroatoms. The van der Waals surface area contributed by atoms with Crippen molar-refractivity contribution in [2.24, 2.45) is 0 Å². The standard InChI is InChI=1S/C6H12N2O2.2ClH.Pt/c1-2-10-6(9)5(8)3-4-7;;;/h5,7-8H,2-4H2,1H3;2*1H;/q-2;;;+4/p-2. The summed E-state index contributed by atoms with van der Waals surface area (Å²) in [4.78, 5) is 10.6. The summed E-state index contributed by atoms with van der Waals surface area (Å²) in [6, 6.07) is -0.863. The van der Waals surface area contributed by atoms with Gasteiger partial charge in [0.25, 0.3) is 5.97 Å². The molecule has 0 aliphatic rings. The molecule has 4 nitrogen and oxygen atoms in total. The molecule has 0 heterocycles. The van der Waals surface area contributed by atoms with Gasteiger partial charge in [-0.2, -0.15) is 6.54 Å². The first kappa shape index (κ1) is 16.1. The van der Waals surface area contributed by atoms with Gasteiger partial charge in [0.2, 0.25) is 0 Å².